The molecule has 0 atom stereocenters. The molecule has 0 unspecified atom stereocenters. The van der Waals surface area contributed by atoms with Crippen molar-refractivity contribution in [3.05, 3.63) is 174 Å². The van der Waals surface area contributed by atoms with E-state index in [2.05, 4.69) is 83.4 Å². The van der Waals surface area contributed by atoms with Crippen LogP contribution in [0.5, 0.6) is 0 Å². The number of benzene rings is 1. The predicted octanol–water partition coefficient (Wildman–Crippen LogP) is 9.77. The van der Waals surface area contributed by atoms with E-state index in [9.17, 15) is 22.8 Å². The van der Waals surface area contributed by atoms with Crippen molar-refractivity contribution < 1.29 is 38.1 Å². The van der Waals surface area contributed by atoms with Gasteiger partial charge < -0.3 is 35.3 Å². The first-order valence-electron chi connectivity index (χ1n) is 19.7. The number of aromatic amines is 4. The number of halogens is 3. The van der Waals surface area contributed by atoms with E-state index in [-0.39, 0.29) is 27.2 Å². The first kappa shape index (κ1) is 49.4. The maximum absolute atomic E-state index is 12.8. The number of nitrogens with one attached hydrogen (secondary N) is 4. The Balaban J connectivity index is 0.000000133. The molecule has 0 spiro atoms. The molecule has 11 rings (SSSR count). The Labute approximate surface area is 425 Å². The molecule has 346 valence electrons. The van der Waals surface area contributed by atoms with E-state index in [1.54, 1.807) is 67.4 Å². The van der Waals surface area contributed by atoms with Gasteiger partial charge in [0.1, 0.15) is 28.7 Å². The molecule has 0 bridgehead atoms. The molecule has 11 aromatic rings. The molecule has 7 N–H and O–H groups in total. The van der Waals surface area contributed by atoms with E-state index in [0.717, 1.165) is 62.3 Å². The topological polar surface area (TPSA) is 302 Å². The van der Waals surface area contributed by atoms with Crippen molar-refractivity contribution in [2.75, 3.05) is 0 Å². The number of aromatic carboxylic acids is 3. The Bertz CT molecular complexity index is 3840. The fourth-order valence-corrected chi connectivity index (χ4v) is 9.33. The molecular formula is C46H32BrI2N11O8S. The summed E-state index contributed by atoms with van der Waals surface area (Å²) in [5, 5.41) is 39.2. The third kappa shape index (κ3) is 11.8. The first-order valence-corrected chi connectivity index (χ1v) is 24.1. The zero-order valence-corrected chi connectivity index (χ0v) is 42.0. The van der Waals surface area contributed by atoms with Gasteiger partial charge in [0.25, 0.3) is 10.0 Å². The third-order valence-corrected chi connectivity index (χ3v) is 13.5. The Morgan fingerprint density at radius 3 is 1.70 bits per heavy atom. The monoisotopic (exact) mass is 1230 g/mol. The minimum absolute atomic E-state index is 0.0147. The van der Waals surface area contributed by atoms with Crippen LogP contribution in [0.3, 0.4) is 0 Å². The van der Waals surface area contributed by atoms with Gasteiger partial charge in [-0.05, 0) is 129 Å². The van der Waals surface area contributed by atoms with Crippen LogP contribution in [-0.4, -0.2) is 90.5 Å². The molecule has 10 aromatic heterocycles. The Hall–Kier alpha value is -7.54. The van der Waals surface area contributed by atoms with Gasteiger partial charge in [0.2, 0.25) is 0 Å². The average Bonchev–Trinajstić information content (AvgIpc) is 4.21. The molecule has 69 heavy (non-hydrogen) atoms. The van der Waals surface area contributed by atoms with Gasteiger partial charge in [0.05, 0.1) is 27.1 Å². The number of nitrogens with zero attached hydrogens (tertiary/aromatic N) is 7. The van der Waals surface area contributed by atoms with Crippen LogP contribution in [0.2, 0.25) is 0 Å². The number of rotatable bonds is 5. The zero-order valence-electron chi connectivity index (χ0n) is 35.3. The molecule has 10 heterocycles. The van der Waals surface area contributed by atoms with Crippen molar-refractivity contribution in [1.29, 1.82) is 5.26 Å². The van der Waals surface area contributed by atoms with Crippen LogP contribution in [0.1, 0.15) is 42.2 Å². The van der Waals surface area contributed by atoms with Crippen molar-refractivity contribution in [3.63, 3.8) is 0 Å². The lowest BCUT2D eigenvalue weighted by Crippen LogP contribution is -2.12. The van der Waals surface area contributed by atoms with Gasteiger partial charge in [-0.1, -0.05) is 17.7 Å². The summed E-state index contributed by atoms with van der Waals surface area (Å²) in [7, 11) is -3.79. The zero-order chi connectivity index (χ0) is 49.4. The largest absolute Gasteiger partial charge is 0.478 e. The summed E-state index contributed by atoms with van der Waals surface area (Å²) in [6.45, 7) is 1.87. The van der Waals surface area contributed by atoms with Gasteiger partial charge in [-0.3, -0.25) is 0 Å². The molecule has 0 saturated carbocycles. The van der Waals surface area contributed by atoms with E-state index in [0.29, 0.717) is 20.2 Å². The van der Waals surface area contributed by atoms with Gasteiger partial charge in [-0.15, -0.1) is 0 Å². The highest BCUT2D eigenvalue weighted by atomic mass is 127. The van der Waals surface area contributed by atoms with Crippen LogP contribution in [-0.2, 0) is 10.0 Å². The molecule has 23 heteroatoms. The summed E-state index contributed by atoms with van der Waals surface area (Å²) in [4.78, 5) is 64.2. The number of H-pyrrole nitrogens is 4. The number of fused-ring (bicyclic) bond motifs is 5. The summed E-state index contributed by atoms with van der Waals surface area (Å²) in [6, 6.07) is 22.7. The van der Waals surface area contributed by atoms with Crippen LogP contribution in [0.15, 0.2) is 144 Å². The molecule has 0 radical (unpaired) electrons. The quantitative estimate of drug-likeness (QED) is 0.0789. The molecule has 0 aliphatic carbocycles. The molecule has 0 fully saturated rings. The highest BCUT2D eigenvalue weighted by Gasteiger charge is 2.22. The SMILES string of the molecule is Brc1cnc2[nH]ccc2c1.Cc1ccc(S(=O)(=O)n2cc(I)c3cc(C(=O)O)cnc32)cc1.N#Cc1cnc2[nH]ccc2c1.O=C(O)c1cnc2[nH]cc(I)c2c1.O=C(O)c1cnc2[nH]ccc2c1. The Kier molecular flexibility index (Phi) is 15.5. The second-order valence-electron chi connectivity index (χ2n) is 14.3. The van der Waals surface area contributed by atoms with Crippen LogP contribution >= 0.6 is 61.1 Å². The van der Waals surface area contributed by atoms with Crippen molar-refractivity contribution in [3.8, 4) is 6.07 Å². The van der Waals surface area contributed by atoms with Crippen LogP contribution in [0.4, 0.5) is 0 Å². The molecule has 19 nitrogen and oxygen atoms in total. The number of pyridine rings is 5. The number of nitriles is 1. The molecular weight excluding hydrogens is 1200 g/mol. The summed E-state index contributed by atoms with van der Waals surface area (Å²) >= 11 is 7.44. The van der Waals surface area contributed by atoms with Crippen LogP contribution < -0.4 is 0 Å². The number of hydrogen-bond acceptors (Lipinski definition) is 11. The van der Waals surface area contributed by atoms with Crippen molar-refractivity contribution in [2.45, 2.75) is 11.8 Å². The third-order valence-electron chi connectivity index (χ3n) is 9.66. The highest BCUT2D eigenvalue weighted by Crippen LogP contribution is 2.27. The van der Waals surface area contributed by atoms with Crippen molar-refractivity contribution >= 4 is 144 Å². The molecule has 0 aliphatic rings. The van der Waals surface area contributed by atoms with E-state index in [1.807, 2.05) is 60.0 Å². The fraction of sp³-hybridized carbons (Fsp3) is 0.0217. The van der Waals surface area contributed by atoms with E-state index in [4.69, 9.17) is 20.6 Å². The van der Waals surface area contributed by atoms with E-state index >= 15 is 0 Å². The minimum atomic E-state index is -3.79. The summed E-state index contributed by atoms with van der Waals surface area (Å²) in [5.74, 6) is -3.01. The summed E-state index contributed by atoms with van der Waals surface area (Å²) in [5.41, 5.74) is 5.38. The maximum atomic E-state index is 12.8. The minimum Gasteiger partial charge on any atom is -0.478 e. The highest BCUT2D eigenvalue weighted by molar-refractivity contribution is 14.1. The summed E-state index contributed by atoms with van der Waals surface area (Å²) < 4.78 is 29.3. The van der Waals surface area contributed by atoms with Crippen molar-refractivity contribution in [1.82, 2.24) is 48.8 Å². The predicted molar refractivity (Wildman–Crippen MR) is 277 cm³/mol. The number of carbonyl (C=O) groups is 3. The molecule has 0 aliphatic heterocycles. The maximum Gasteiger partial charge on any atom is 0.337 e. The van der Waals surface area contributed by atoms with Crippen molar-refractivity contribution in [2.24, 2.45) is 0 Å². The Morgan fingerprint density at radius 1 is 0.623 bits per heavy atom. The standard InChI is InChI=1S/C15H11IN2O4S.C8H5IN2O2.C8H5N3.C8H6N2O2.C7H5BrN2/c1-9-2-4-11(5-3-9)23(21,22)18-8-13(16)12-6-10(15(19)20)7-17-14(12)18;9-6-3-11-7-5(6)1-4(2-10-7)8(12)13;9-4-6-3-7-1-2-10-8(7)11-5-6;11-8(12)6-3-5-1-2-9-7(5)10-4-6;8-6-3-5-1-2-9-7(5)10-4-6/h2-8H,1H3,(H,19,20);1-3H,(H,10,11)(H,12,13);1-3,5H,(H,10,11);1-4H,(H,9,10)(H,11,12);1-4H,(H,9,10). The van der Waals surface area contributed by atoms with Gasteiger partial charge in [-0.2, -0.15) is 5.26 Å². The van der Waals surface area contributed by atoms with E-state index in [1.165, 1.54) is 36.8 Å². The lowest BCUT2D eigenvalue weighted by Gasteiger charge is -2.07. The first-order chi connectivity index (χ1) is 33.0. The van der Waals surface area contributed by atoms with Crippen LogP contribution in [0, 0.1) is 25.4 Å². The van der Waals surface area contributed by atoms with Gasteiger partial charge in [-0.25, -0.2) is 51.7 Å². The van der Waals surface area contributed by atoms with Gasteiger partial charge in [0.15, 0.2) is 5.65 Å². The number of hydrogen-bond donors (Lipinski definition) is 7. The molecule has 0 saturated heterocycles. The average molecular weight is 1230 g/mol. The number of aryl methyl sites for hydroxylation is 1. The second kappa shape index (κ2) is 21.6. The Morgan fingerprint density at radius 2 is 1.12 bits per heavy atom. The normalized spacial score (nSPS) is 10.8. The second-order valence-corrected chi connectivity index (χ2v) is 19.4. The van der Waals surface area contributed by atoms with Crippen LogP contribution in [0.25, 0.3) is 55.2 Å². The van der Waals surface area contributed by atoms with E-state index < -0.39 is 27.9 Å². The lowest BCUT2D eigenvalue weighted by atomic mass is 10.2. The fourth-order valence-electron chi connectivity index (χ4n) is 6.23. The molecule has 1 aromatic carbocycles. The lowest BCUT2D eigenvalue weighted by molar-refractivity contribution is 0.0686. The number of carboxylic acids is 3. The van der Waals surface area contributed by atoms with Gasteiger partial charge >= 0.3 is 17.9 Å². The summed E-state index contributed by atoms with van der Waals surface area (Å²) in [6.07, 6.45) is 15.8. The van der Waals surface area contributed by atoms with Gasteiger partial charge in [0, 0.05) is 101 Å². The smallest absolute Gasteiger partial charge is 0.337 e. The molecule has 0 amide bonds. The number of carboxylic acid groups (broad SMARTS) is 3. The number of aromatic nitrogens is 10.